The summed E-state index contributed by atoms with van der Waals surface area (Å²) in [5, 5.41) is 8.57. The van der Waals surface area contributed by atoms with E-state index in [-0.39, 0.29) is 18.0 Å². The number of carbonyl (C=O) groups excluding carboxylic acids is 2. The Hall–Kier alpha value is -2.23. The number of carboxylic acids is 1. The van der Waals surface area contributed by atoms with Gasteiger partial charge in [0.25, 0.3) is 0 Å². The summed E-state index contributed by atoms with van der Waals surface area (Å²) in [6.07, 6.45) is 6.45. The molecular weight excluding hydrogens is 304 g/mol. The fourth-order valence-electron chi connectivity index (χ4n) is 3.14. The van der Waals surface area contributed by atoms with Crippen molar-refractivity contribution in [3.63, 3.8) is 0 Å². The minimum absolute atomic E-state index is 0.0100. The molecule has 0 aliphatic heterocycles. The molecule has 1 aromatic carbocycles. The molecule has 0 aromatic heterocycles. The Morgan fingerprint density at radius 2 is 1.42 bits per heavy atom. The number of allylic oxidation sites excluding steroid dienone is 2. The van der Waals surface area contributed by atoms with Crippen LogP contribution in [0.4, 0.5) is 0 Å². The molecule has 2 rings (SSSR count). The largest absolute Gasteiger partial charge is 0.481 e. The lowest BCUT2D eigenvalue weighted by atomic mass is 9.82. The smallest absolute Gasteiger partial charge is 0.303 e. The predicted molar refractivity (Wildman–Crippen MR) is 92.4 cm³/mol. The first-order chi connectivity index (χ1) is 11.5. The fraction of sp³-hybridized carbons (Fsp3) is 0.450. The summed E-state index contributed by atoms with van der Waals surface area (Å²) in [6.45, 7) is 1.75. The van der Waals surface area contributed by atoms with Gasteiger partial charge in [-0.05, 0) is 26.2 Å². The number of ketones is 2. The van der Waals surface area contributed by atoms with Crippen molar-refractivity contribution < 1.29 is 19.5 Å². The maximum absolute atomic E-state index is 12.6. The molecule has 0 spiro atoms. The normalized spacial score (nSPS) is 14.0. The van der Waals surface area contributed by atoms with Crippen molar-refractivity contribution in [3.8, 4) is 0 Å². The number of unbranched alkanes of at least 4 members (excludes halogenated alkanes) is 5. The number of carbonyl (C=O) groups is 3. The number of benzene rings is 1. The molecule has 1 aliphatic carbocycles. The molecule has 128 valence electrons. The Balaban J connectivity index is 1.81. The number of Topliss-reactive ketones (excluding diaryl/α,β-unsaturated/α-hetero) is 2. The lowest BCUT2D eigenvalue weighted by Gasteiger charge is -2.18. The average molecular weight is 328 g/mol. The van der Waals surface area contributed by atoms with E-state index in [4.69, 9.17) is 5.11 Å². The van der Waals surface area contributed by atoms with Gasteiger partial charge in [-0.25, -0.2) is 0 Å². The molecule has 4 nitrogen and oxygen atoms in total. The molecule has 0 fully saturated rings. The van der Waals surface area contributed by atoms with E-state index in [9.17, 15) is 14.4 Å². The SMILES string of the molecule is CC1=C(CCCCCCCCC(=O)O)C(=O)c2ccccc2C1=O. The first-order valence-corrected chi connectivity index (χ1v) is 8.62. The Kier molecular flexibility index (Phi) is 6.47. The first kappa shape index (κ1) is 18.1. The summed E-state index contributed by atoms with van der Waals surface area (Å²) in [7, 11) is 0. The number of hydrogen-bond donors (Lipinski definition) is 1. The summed E-state index contributed by atoms with van der Waals surface area (Å²) < 4.78 is 0. The van der Waals surface area contributed by atoms with Crippen LogP contribution in [0.15, 0.2) is 35.4 Å². The number of hydrogen-bond acceptors (Lipinski definition) is 3. The van der Waals surface area contributed by atoms with E-state index in [0.29, 0.717) is 28.7 Å². The number of fused-ring (bicyclic) bond motifs is 1. The molecule has 0 atom stereocenters. The van der Waals surface area contributed by atoms with Gasteiger partial charge in [0, 0.05) is 28.7 Å². The molecule has 0 bridgehead atoms. The van der Waals surface area contributed by atoms with Gasteiger partial charge >= 0.3 is 5.97 Å². The highest BCUT2D eigenvalue weighted by Gasteiger charge is 2.28. The van der Waals surface area contributed by atoms with Crippen LogP contribution >= 0.6 is 0 Å². The van der Waals surface area contributed by atoms with Crippen LogP contribution in [0, 0.1) is 0 Å². The van der Waals surface area contributed by atoms with Crippen LogP contribution in [0.1, 0.15) is 79.0 Å². The maximum Gasteiger partial charge on any atom is 0.303 e. The Bertz CT molecular complexity index is 670. The molecular formula is C20H24O4. The van der Waals surface area contributed by atoms with Crippen molar-refractivity contribution in [3.05, 3.63) is 46.5 Å². The lowest BCUT2D eigenvalue weighted by Crippen LogP contribution is -2.20. The second-order valence-corrected chi connectivity index (χ2v) is 6.32. The van der Waals surface area contributed by atoms with Crippen LogP contribution in [0.3, 0.4) is 0 Å². The molecule has 0 amide bonds. The lowest BCUT2D eigenvalue weighted by molar-refractivity contribution is -0.137. The van der Waals surface area contributed by atoms with E-state index in [1.165, 1.54) is 0 Å². The zero-order valence-electron chi connectivity index (χ0n) is 14.1. The molecule has 0 saturated carbocycles. The van der Waals surface area contributed by atoms with E-state index < -0.39 is 5.97 Å². The van der Waals surface area contributed by atoms with Gasteiger partial charge in [0.2, 0.25) is 0 Å². The van der Waals surface area contributed by atoms with E-state index in [1.807, 2.05) is 0 Å². The van der Waals surface area contributed by atoms with Gasteiger partial charge in [-0.3, -0.25) is 14.4 Å². The molecule has 0 saturated heterocycles. The number of carboxylic acid groups (broad SMARTS) is 1. The van der Waals surface area contributed by atoms with Crippen molar-refractivity contribution in [1.82, 2.24) is 0 Å². The summed E-state index contributed by atoms with van der Waals surface area (Å²) in [4.78, 5) is 35.4. The van der Waals surface area contributed by atoms with E-state index in [0.717, 1.165) is 38.5 Å². The van der Waals surface area contributed by atoms with E-state index >= 15 is 0 Å². The third kappa shape index (κ3) is 4.40. The zero-order valence-corrected chi connectivity index (χ0v) is 14.1. The van der Waals surface area contributed by atoms with Gasteiger partial charge < -0.3 is 5.11 Å². The Morgan fingerprint density at radius 3 is 2.04 bits per heavy atom. The summed E-state index contributed by atoms with van der Waals surface area (Å²) in [5.74, 6) is -0.781. The van der Waals surface area contributed by atoms with Crippen LogP contribution in [0.2, 0.25) is 0 Å². The highest BCUT2D eigenvalue weighted by atomic mass is 16.4. The van der Waals surface area contributed by atoms with E-state index in [1.54, 1.807) is 31.2 Å². The predicted octanol–water partition coefficient (Wildman–Crippen LogP) is 4.59. The molecule has 0 heterocycles. The van der Waals surface area contributed by atoms with Crippen molar-refractivity contribution in [2.45, 2.75) is 58.3 Å². The van der Waals surface area contributed by atoms with Crippen LogP contribution in [-0.4, -0.2) is 22.6 Å². The highest BCUT2D eigenvalue weighted by Crippen LogP contribution is 2.29. The van der Waals surface area contributed by atoms with Crippen molar-refractivity contribution in [1.29, 1.82) is 0 Å². The van der Waals surface area contributed by atoms with E-state index in [2.05, 4.69) is 0 Å². The second-order valence-electron chi connectivity index (χ2n) is 6.32. The fourth-order valence-corrected chi connectivity index (χ4v) is 3.14. The third-order valence-corrected chi connectivity index (χ3v) is 4.55. The summed E-state index contributed by atoms with van der Waals surface area (Å²) in [6, 6.07) is 7.02. The van der Waals surface area contributed by atoms with Crippen molar-refractivity contribution in [2.24, 2.45) is 0 Å². The molecule has 1 N–H and O–H groups in total. The van der Waals surface area contributed by atoms with Gasteiger partial charge in [0.1, 0.15) is 0 Å². The Morgan fingerprint density at radius 1 is 0.875 bits per heavy atom. The maximum atomic E-state index is 12.6. The number of rotatable bonds is 9. The molecule has 24 heavy (non-hydrogen) atoms. The van der Waals surface area contributed by atoms with Crippen molar-refractivity contribution >= 4 is 17.5 Å². The van der Waals surface area contributed by atoms with Gasteiger partial charge in [0.05, 0.1) is 0 Å². The zero-order chi connectivity index (χ0) is 17.5. The third-order valence-electron chi connectivity index (χ3n) is 4.55. The van der Waals surface area contributed by atoms with Crippen LogP contribution in [-0.2, 0) is 4.79 Å². The standard InChI is InChI=1S/C20H24O4/c1-14-15(10-6-4-2-3-5-7-13-18(21)22)20(24)17-12-9-8-11-16(17)19(14)23/h8-9,11-12H,2-7,10,13H2,1H3,(H,21,22). The van der Waals surface area contributed by atoms with Crippen LogP contribution in [0.5, 0.6) is 0 Å². The van der Waals surface area contributed by atoms with Gasteiger partial charge in [-0.2, -0.15) is 0 Å². The van der Waals surface area contributed by atoms with Gasteiger partial charge in [-0.1, -0.05) is 49.9 Å². The highest BCUT2D eigenvalue weighted by molar-refractivity contribution is 6.26. The quantitative estimate of drug-likeness (QED) is 0.673. The average Bonchev–Trinajstić information content (AvgIpc) is 2.57. The molecule has 0 unspecified atom stereocenters. The minimum atomic E-state index is -0.738. The topological polar surface area (TPSA) is 71.4 Å². The second kappa shape index (κ2) is 8.57. The molecule has 0 radical (unpaired) electrons. The minimum Gasteiger partial charge on any atom is -0.481 e. The molecule has 1 aromatic rings. The van der Waals surface area contributed by atoms with Gasteiger partial charge in [0.15, 0.2) is 11.6 Å². The van der Waals surface area contributed by atoms with Crippen molar-refractivity contribution in [2.75, 3.05) is 0 Å². The van der Waals surface area contributed by atoms with Gasteiger partial charge in [-0.15, -0.1) is 0 Å². The monoisotopic (exact) mass is 328 g/mol. The molecule has 1 aliphatic rings. The summed E-state index contributed by atoms with van der Waals surface area (Å²) in [5.41, 5.74) is 2.28. The molecule has 4 heteroatoms. The first-order valence-electron chi connectivity index (χ1n) is 8.62. The number of aliphatic carboxylic acids is 1. The van der Waals surface area contributed by atoms with Crippen LogP contribution in [0.25, 0.3) is 0 Å². The Labute approximate surface area is 142 Å². The summed E-state index contributed by atoms with van der Waals surface area (Å²) >= 11 is 0. The van der Waals surface area contributed by atoms with Crippen LogP contribution < -0.4 is 0 Å².